The highest BCUT2D eigenvalue weighted by atomic mass is 16.5. The molecule has 6 nitrogen and oxygen atoms in total. The number of benzene rings is 2. The highest BCUT2D eigenvalue weighted by Gasteiger charge is 2.26. The highest BCUT2D eigenvalue weighted by molar-refractivity contribution is 5.97. The molecule has 1 heterocycles. The number of methoxy groups -OCH3 is 1. The van der Waals surface area contributed by atoms with Gasteiger partial charge in [-0.25, -0.2) is 4.79 Å². The lowest BCUT2D eigenvalue weighted by Gasteiger charge is -2.24. The number of anilines is 2. The Bertz CT molecular complexity index is 892. The van der Waals surface area contributed by atoms with Crippen molar-refractivity contribution >= 4 is 29.2 Å². The van der Waals surface area contributed by atoms with Crippen LogP contribution in [0.2, 0.25) is 0 Å². The van der Waals surface area contributed by atoms with E-state index in [-0.39, 0.29) is 24.2 Å². The van der Waals surface area contributed by atoms with Gasteiger partial charge in [-0.1, -0.05) is 18.2 Å². The smallest absolute Gasteiger partial charge is 0.337 e. The topological polar surface area (TPSA) is 84.5 Å². The minimum absolute atomic E-state index is 0.0416. The van der Waals surface area contributed by atoms with Crippen LogP contribution in [0.4, 0.5) is 11.4 Å². The molecule has 0 radical (unpaired) electrons. The van der Waals surface area contributed by atoms with Crippen LogP contribution in [-0.4, -0.2) is 24.9 Å². The lowest BCUT2D eigenvalue weighted by molar-refractivity contribution is -0.121. The van der Waals surface area contributed by atoms with Crippen LogP contribution in [0.3, 0.4) is 0 Å². The summed E-state index contributed by atoms with van der Waals surface area (Å²) in [6.45, 7) is 1.81. The molecule has 0 aliphatic carbocycles. The minimum Gasteiger partial charge on any atom is -0.465 e. The Morgan fingerprint density at radius 3 is 2.74 bits per heavy atom. The number of esters is 1. The van der Waals surface area contributed by atoms with Crippen molar-refractivity contribution in [2.75, 3.05) is 17.7 Å². The van der Waals surface area contributed by atoms with Crippen molar-refractivity contribution in [2.45, 2.75) is 26.2 Å². The molecule has 1 aliphatic heterocycles. The lowest BCUT2D eigenvalue weighted by atomic mass is 9.89. The number of aryl methyl sites for hydroxylation is 1. The van der Waals surface area contributed by atoms with Gasteiger partial charge in [0.15, 0.2) is 0 Å². The van der Waals surface area contributed by atoms with Crippen LogP contribution in [0.1, 0.15) is 34.3 Å². The van der Waals surface area contributed by atoms with E-state index in [9.17, 15) is 14.4 Å². The average molecular weight is 366 g/mol. The molecule has 6 heteroatoms. The number of ether oxygens (including phenoxy) is 1. The zero-order valence-corrected chi connectivity index (χ0v) is 15.4. The molecule has 140 valence electrons. The van der Waals surface area contributed by atoms with Crippen LogP contribution in [0, 0.1) is 12.8 Å². The monoisotopic (exact) mass is 366 g/mol. The molecule has 0 saturated heterocycles. The number of carbonyl (C=O) groups is 3. The Morgan fingerprint density at radius 1 is 1.22 bits per heavy atom. The normalized spacial score (nSPS) is 15.5. The number of rotatable bonds is 5. The summed E-state index contributed by atoms with van der Waals surface area (Å²) in [5.74, 6) is -0.830. The standard InChI is InChI=1S/C21H22N2O4/c1-13-11-16(21(26)27-2)7-9-17(13)22-19(24)10-8-15-12-14-5-3-4-6-18(14)23-20(15)25/h3-7,9,11,15H,8,10,12H2,1-2H3,(H,22,24)(H,23,25). The molecule has 0 saturated carbocycles. The molecule has 1 aliphatic rings. The molecule has 0 bridgehead atoms. The van der Waals surface area contributed by atoms with E-state index in [4.69, 9.17) is 0 Å². The van der Waals surface area contributed by atoms with E-state index >= 15 is 0 Å². The molecular weight excluding hydrogens is 344 g/mol. The molecular formula is C21H22N2O4. The SMILES string of the molecule is COC(=O)c1ccc(NC(=O)CCC2Cc3ccccc3NC2=O)c(C)c1. The molecule has 1 atom stereocenters. The van der Waals surface area contributed by atoms with Crippen molar-refractivity contribution in [3.63, 3.8) is 0 Å². The Morgan fingerprint density at radius 2 is 2.00 bits per heavy atom. The van der Waals surface area contributed by atoms with Crippen LogP contribution in [0.25, 0.3) is 0 Å². The first-order chi connectivity index (χ1) is 13.0. The van der Waals surface area contributed by atoms with Crippen molar-refractivity contribution in [3.05, 3.63) is 59.2 Å². The van der Waals surface area contributed by atoms with E-state index in [2.05, 4.69) is 15.4 Å². The van der Waals surface area contributed by atoms with E-state index in [1.54, 1.807) is 18.2 Å². The summed E-state index contributed by atoms with van der Waals surface area (Å²) in [6, 6.07) is 12.7. The zero-order valence-electron chi connectivity index (χ0n) is 15.4. The van der Waals surface area contributed by atoms with Gasteiger partial charge in [0.05, 0.1) is 12.7 Å². The van der Waals surface area contributed by atoms with Crippen molar-refractivity contribution in [1.29, 1.82) is 0 Å². The van der Waals surface area contributed by atoms with Crippen LogP contribution in [0.5, 0.6) is 0 Å². The van der Waals surface area contributed by atoms with Crippen molar-refractivity contribution in [1.82, 2.24) is 0 Å². The van der Waals surface area contributed by atoms with Gasteiger partial charge in [0.25, 0.3) is 0 Å². The van der Waals surface area contributed by atoms with Gasteiger partial charge >= 0.3 is 5.97 Å². The first-order valence-corrected chi connectivity index (χ1v) is 8.85. The van der Waals surface area contributed by atoms with Crippen molar-refractivity contribution in [3.8, 4) is 0 Å². The molecule has 2 N–H and O–H groups in total. The maximum Gasteiger partial charge on any atom is 0.337 e. The second-order valence-corrected chi connectivity index (χ2v) is 6.66. The third-order valence-electron chi connectivity index (χ3n) is 4.75. The van der Waals surface area contributed by atoms with Crippen molar-refractivity contribution in [2.24, 2.45) is 5.92 Å². The molecule has 0 fully saturated rings. The van der Waals surface area contributed by atoms with Crippen molar-refractivity contribution < 1.29 is 19.1 Å². The quantitative estimate of drug-likeness (QED) is 0.795. The van der Waals surface area contributed by atoms with E-state index in [1.165, 1.54) is 7.11 Å². The van der Waals surface area contributed by atoms with Crippen LogP contribution in [0.15, 0.2) is 42.5 Å². The molecule has 3 rings (SSSR count). The number of para-hydroxylation sites is 1. The summed E-state index contributed by atoms with van der Waals surface area (Å²) < 4.78 is 4.69. The number of carbonyl (C=O) groups excluding carboxylic acids is 3. The maximum atomic E-state index is 12.3. The fourth-order valence-electron chi connectivity index (χ4n) is 3.21. The van der Waals surface area contributed by atoms with Gasteiger partial charge in [0.2, 0.25) is 11.8 Å². The Kier molecular flexibility index (Phi) is 5.54. The predicted octanol–water partition coefficient (Wildman–Crippen LogP) is 3.31. The second kappa shape index (κ2) is 8.03. The summed E-state index contributed by atoms with van der Waals surface area (Å²) in [5, 5.41) is 5.75. The maximum absolute atomic E-state index is 12.3. The van der Waals surface area contributed by atoms with Crippen LogP contribution < -0.4 is 10.6 Å². The van der Waals surface area contributed by atoms with Gasteiger partial charge in [-0.3, -0.25) is 9.59 Å². The van der Waals surface area contributed by atoms with E-state index in [0.717, 1.165) is 16.8 Å². The Hall–Kier alpha value is -3.15. The number of fused-ring (bicyclic) bond motifs is 1. The van der Waals surface area contributed by atoms with E-state index in [1.807, 2.05) is 31.2 Å². The zero-order chi connectivity index (χ0) is 19.4. The fourth-order valence-corrected chi connectivity index (χ4v) is 3.21. The predicted molar refractivity (Wildman–Crippen MR) is 103 cm³/mol. The minimum atomic E-state index is -0.417. The molecule has 2 aromatic rings. The van der Waals surface area contributed by atoms with Gasteiger partial charge in [0, 0.05) is 23.7 Å². The van der Waals surface area contributed by atoms with Gasteiger partial charge in [-0.05, 0) is 55.2 Å². The third-order valence-corrected chi connectivity index (χ3v) is 4.75. The Balaban J connectivity index is 1.57. The van der Waals surface area contributed by atoms with Gasteiger partial charge in [0.1, 0.15) is 0 Å². The molecule has 0 aromatic heterocycles. The summed E-state index contributed by atoms with van der Waals surface area (Å²) in [6.07, 6.45) is 1.37. The largest absolute Gasteiger partial charge is 0.465 e. The summed E-state index contributed by atoms with van der Waals surface area (Å²) in [5.41, 5.74) is 3.80. The summed E-state index contributed by atoms with van der Waals surface area (Å²) in [7, 11) is 1.33. The third kappa shape index (κ3) is 4.34. The van der Waals surface area contributed by atoms with Gasteiger partial charge < -0.3 is 15.4 Å². The first kappa shape index (κ1) is 18.6. The highest BCUT2D eigenvalue weighted by Crippen LogP contribution is 2.27. The number of hydrogen-bond acceptors (Lipinski definition) is 4. The number of hydrogen-bond donors (Lipinski definition) is 2. The average Bonchev–Trinajstić information content (AvgIpc) is 2.67. The van der Waals surface area contributed by atoms with Gasteiger partial charge in [-0.15, -0.1) is 0 Å². The lowest BCUT2D eigenvalue weighted by Crippen LogP contribution is -2.30. The first-order valence-electron chi connectivity index (χ1n) is 8.85. The van der Waals surface area contributed by atoms with E-state index < -0.39 is 5.97 Å². The molecule has 0 spiro atoms. The second-order valence-electron chi connectivity index (χ2n) is 6.66. The van der Waals surface area contributed by atoms with E-state index in [0.29, 0.717) is 24.1 Å². The van der Waals surface area contributed by atoms with Gasteiger partial charge in [-0.2, -0.15) is 0 Å². The van der Waals surface area contributed by atoms with Crippen LogP contribution >= 0.6 is 0 Å². The number of amides is 2. The Labute approximate surface area is 157 Å². The molecule has 27 heavy (non-hydrogen) atoms. The number of nitrogens with one attached hydrogen (secondary N) is 2. The summed E-state index contributed by atoms with van der Waals surface area (Å²) >= 11 is 0. The summed E-state index contributed by atoms with van der Waals surface area (Å²) in [4.78, 5) is 36.1. The molecule has 2 aromatic carbocycles. The van der Waals surface area contributed by atoms with Crippen LogP contribution in [-0.2, 0) is 20.7 Å². The fraction of sp³-hybridized carbons (Fsp3) is 0.286. The molecule has 2 amide bonds. The molecule has 1 unspecified atom stereocenters.